The number of likely N-dealkylation sites (tertiary alicyclic amines) is 1. The molecule has 0 aromatic heterocycles. The molecule has 1 aromatic carbocycles. The molecule has 1 saturated heterocycles. The summed E-state index contributed by atoms with van der Waals surface area (Å²) in [7, 11) is 0. The molecule has 2 nitrogen and oxygen atoms in total. The third-order valence-corrected chi connectivity index (χ3v) is 4.64. The number of carbonyl (C=O) groups is 1. The van der Waals surface area contributed by atoms with Crippen molar-refractivity contribution < 1.29 is 4.79 Å². The number of nitrogens with zero attached hydrogens (tertiary/aromatic N) is 1. The Morgan fingerprint density at radius 3 is 3.00 bits per heavy atom. The summed E-state index contributed by atoms with van der Waals surface area (Å²) in [5.41, 5.74) is 0.823. The van der Waals surface area contributed by atoms with Gasteiger partial charge in [0.15, 0.2) is 5.78 Å². The van der Waals surface area contributed by atoms with Crippen LogP contribution in [0.2, 0.25) is 0 Å². The van der Waals surface area contributed by atoms with E-state index < -0.39 is 0 Å². The number of benzene rings is 1. The number of Topliss-reactive ketones (excluding diaryl/α,β-unsaturated/α-hetero) is 1. The van der Waals surface area contributed by atoms with Gasteiger partial charge in [0.05, 0.1) is 0 Å². The van der Waals surface area contributed by atoms with E-state index in [0.717, 1.165) is 23.1 Å². The summed E-state index contributed by atoms with van der Waals surface area (Å²) in [6.07, 6.45) is 7.08. The summed E-state index contributed by atoms with van der Waals surface area (Å²) in [5, 5.41) is 0. The number of piperidine rings is 1. The van der Waals surface area contributed by atoms with Crippen LogP contribution in [0.15, 0.2) is 28.7 Å². The molecule has 1 fully saturated rings. The minimum Gasteiger partial charge on any atom is -0.300 e. The third kappa shape index (κ3) is 4.42. The molecule has 1 aliphatic rings. The van der Waals surface area contributed by atoms with Crippen molar-refractivity contribution in [1.29, 1.82) is 0 Å². The van der Waals surface area contributed by atoms with Crippen molar-refractivity contribution >= 4 is 21.7 Å². The fourth-order valence-corrected chi connectivity index (χ4v) is 3.47. The van der Waals surface area contributed by atoms with Crippen LogP contribution in [-0.2, 0) is 0 Å². The second-order valence-electron chi connectivity index (χ2n) is 5.66. The molecule has 1 heterocycles. The van der Waals surface area contributed by atoms with E-state index in [1.165, 1.54) is 32.1 Å². The number of rotatable bonds is 6. The highest BCUT2D eigenvalue weighted by Gasteiger charge is 2.22. The highest BCUT2D eigenvalue weighted by atomic mass is 79.9. The van der Waals surface area contributed by atoms with Crippen molar-refractivity contribution in [3.05, 3.63) is 34.3 Å². The lowest BCUT2D eigenvalue weighted by Crippen LogP contribution is -2.40. The molecule has 0 bridgehead atoms. The van der Waals surface area contributed by atoms with Gasteiger partial charge in [0.25, 0.3) is 0 Å². The van der Waals surface area contributed by atoms with Crippen LogP contribution in [0.25, 0.3) is 0 Å². The van der Waals surface area contributed by atoms with E-state index in [1.54, 1.807) is 0 Å². The van der Waals surface area contributed by atoms with Gasteiger partial charge in [-0.3, -0.25) is 9.69 Å². The van der Waals surface area contributed by atoms with Gasteiger partial charge in [-0.05, 0) is 37.9 Å². The van der Waals surface area contributed by atoms with Gasteiger partial charge in [0, 0.05) is 29.0 Å². The van der Waals surface area contributed by atoms with Gasteiger partial charge < -0.3 is 0 Å². The summed E-state index contributed by atoms with van der Waals surface area (Å²) in [4.78, 5) is 14.8. The molecule has 110 valence electrons. The maximum atomic E-state index is 12.3. The van der Waals surface area contributed by atoms with Gasteiger partial charge in [0.2, 0.25) is 0 Å². The molecule has 20 heavy (non-hydrogen) atoms. The van der Waals surface area contributed by atoms with Crippen LogP contribution in [0.3, 0.4) is 0 Å². The van der Waals surface area contributed by atoms with E-state index in [2.05, 4.69) is 27.8 Å². The van der Waals surface area contributed by atoms with Gasteiger partial charge in [0.1, 0.15) is 0 Å². The second kappa shape index (κ2) is 7.94. The minimum atomic E-state index is 0.257. The van der Waals surface area contributed by atoms with Gasteiger partial charge >= 0.3 is 0 Å². The van der Waals surface area contributed by atoms with Gasteiger partial charge in [-0.1, -0.05) is 47.8 Å². The summed E-state index contributed by atoms with van der Waals surface area (Å²) in [6, 6.07) is 8.41. The maximum absolute atomic E-state index is 12.3. The first-order valence-corrected chi connectivity index (χ1v) is 8.53. The number of halogens is 1. The zero-order chi connectivity index (χ0) is 14.4. The van der Waals surface area contributed by atoms with Gasteiger partial charge in [-0.2, -0.15) is 0 Å². The Hall–Kier alpha value is -0.670. The SMILES string of the molecule is CCCC1CCCCN1CCC(=O)c1cccc(Br)c1. The maximum Gasteiger partial charge on any atom is 0.164 e. The Morgan fingerprint density at radius 1 is 1.40 bits per heavy atom. The van der Waals surface area contributed by atoms with Crippen molar-refractivity contribution in [3.8, 4) is 0 Å². The number of carbonyl (C=O) groups excluding carboxylic acids is 1. The average molecular weight is 338 g/mol. The smallest absolute Gasteiger partial charge is 0.164 e. The molecule has 1 atom stereocenters. The Bertz CT molecular complexity index is 444. The fraction of sp³-hybridized carbons (Fsp3) is 0.588. The van der Waals surface area contributed by atoms with E-state index in [-0.39, 0.29) is 5.78 Å². The summed E-state index contributed by atoms with van der Waals surface area (Å²) in [5.74, 6) is 0.257. The van der Waals surface area contributed by atoms with Crippen molar-refractivity contribution in [2.75, 3.05) is 13.1 Å². The molecular weight excluding hydrogens is 314 g/mol. The quantitative estimate of drug-likeness (QED) is 0.702. The molecule has 0 amide bonds. The van der Waals surface area contributed by atoms with Crippen LogP contribution in [-0.4, -0.2) is 29.8 Å². The highest BCUT2D eigenvalue weighted by Crippen LogP contribution is 2.21. The molecule has 0 N–H and O–H groups in total. The second-order valence-corrected chi connectivity index (χ2v) is 6.57. The van der Waals surface area contributed by atoms with Crippen molar-refractivity contribution in [2.24, 2.45) is 0 Å². The molecule has 0 spiro atoms. The molecule has 1 aliphatic heterocycles. The summed E-state index contributed by atoms with van der Waals surface area (Å²) in [6.45, 7) is 4.33. The standard InChI is InChI=1S/C17H24BrNO/c1-2-6-16-9-3-4-11-19(16)12-10-17(20)14-7-5-8-15(18)13-14/h5,7-8,13,16H,2-4,6,9-12H2,1H3. The molecule has 1 aromatic rings. The van der Waals surface area contributed by atoms with E-state index in [0.29, 0.717) is 12.5 Å². The Labute approximate surface area is 130 Å². The zero-order valence-electron chi connectivity index (χ0n) is 12.3. The van der Waals surface area contributed by atoms with Crippen molar-refractivity contribution in [2.45, 2.75) is 51.5 Å². The van der Waals surface area contributed by atoms with Crippen molar-refractivity contribution in [3.63, 3.8) is 0 Å². The predicted molar refractivity (Wildman–Crippen MR) is 87.2 cm³/mol. The number of ketones is 1. The Kier molecular flexibility index (Phi) is 6.24. The first-order chi connectivity index (χ1) is 9.70. The predicted octanol–water partition coefficient (Wildman–Crippen LogP) is 4.68. The fourth-order valence-electron chi connectivity index (χ4n) is 3.07. The van der Waals surface area contributed by atoms with E-state index in [9.17, 15) is 4.79 Å². The normalized spacial score (nSPS) is 20.0. The van der Waals surface area contributed by atoms with Crippen molar-refractivity contribution in [1.82, 2.24) is 4.90 Å². The average Bonchev–Trinajstić information content (AvgIpc) is 2.46. The molecule has 0 saturated carbocycles. The largest absolute Gasteiger partial charge is 0.300 e. The lowest BCUT2D eigenvalue weighted by molar-refractivity contribution is 0.0919. The monoisotopic (exact) mass is 337 g/mol. The number of hydrogen-bond donors (Lipinski definition) is 0. The minimum absolute atomic E-state index is 0.257. The summed E-state index contributed by atoms with van der Waals surface area (Å²) >= 11 is 3.43. The van der Waals surface area contributed by atoms with Crippen LogP contribution in [0.1, 0.15) is 55.8 Å². The van der Waals surface area contributed by atoms with Crippen LogP contribution in [0.4, 0.5) is 0 Å². The van der Waals surface area contributed by atoms with E-state index >= 15 is 0 Å². The van der Waals surface area contributed by atoms with Crippen LogP contribution < -0.4 is 0 Å². The topological polar surface area (TPSA) is 20.3 Å². The molecule has 3 heteroatoms. The summed E-state index contributed by atoms with van der Waals surface area (Å²) < 4.78 is 0.977. The highest BCUT2D eigenvalue weighted by molar-refractivity contribution is 9.10. The zero-order valence-corrected chi connectivity index (χ0v) is 13.9. The third-order valence-electron chi connectivity index (χ3n) is 4.14. The van der Waals surface area contributed by atoms with Gasteiger partial charge in [-0.25, -0.2) is 0 Å². The Morgan fingerprint density at radius 2 is 2.25 bits per heavy atom. The molecule has 0 aliphatic carbocycles. The molecule has 0 radical (unpaired) electrons. The first-order valence-electron chi connectivity index (χ1n) is 7.73. The molecular formula is C17H24BrNO. The number of hydrogen-bond acceptors (Lipinski definition) is 2. The first kappa shape index (κ1) is 15.7. The van der Waals surface area contributed by atoms with Crippen LogP contribution in [0.5, 0.6) is 0 Å². The van der Waals surface area contributed by atoms with Gasteiger partial charge in [-0.15, -0.1) is 0 Å². The van der Waals surface area contributed by atoms with E-state index in [4.69, 9.17) is 0 Å². The molecule has 1 unspecified atom stereocenters. The lowest BCUT2D eigenvalue weighted by atomic mass is 9.97. The van der Waals surface area contributed by atoms with Crippen LogP contribution in [0, 0.1) is 0 Å². The van der Waals surface area contributed by atoms with E-state index in [1.807, 2.05) is 24.3 Å². The Balaban J connectivity index is 1.88. The van der Waals surface area contributed by atoms with Crippen LogP contribution >= 0.6 is 15.9 Å². The molecule has 2 rings (SSSR count). The lowest BCUT2D eigenvalue weighted by Gasteiger charge is -2.35.